The maximum atomic E-state index is 13.2. The van der Waals surface area contributed by atoms with E-state index in [2.05, 4.69) is 5.32 Å². The molecule has 0 radical (unpaired) electrons. The molecule has 1 amide bonds. The second kappa shape index (κ2) is 9.54. The Kier molecular flexibility index (Phi) is 6.48. The van der Waals surface area contributed by atoms with Crippen LogP contribution < -0.4 is 10.1 Å². The van der Waals surface area contributed by atoms with Gasteiger partial charge in [0.15, 0.2) is 0 Å². The minimum absolute atomic E-state index is 0.103. The topological polar surface area (TPSA) is 79.0 Å². The highest BCUT2D eigenvalue weighted by Crippen LogP contribution is 2.25. The molecular formula is C25H26ClN3O4S. The highest BCUT2D eigenvalue weighted by molar-refractivity contribution is 7.89. The number of amides is 1. The van der Waals surface area contributed by atoms with Crippen molar-refractivity contribution in [3.63, 3.8) is 0 Å². The zero-order valence-electron chi connectivity index (χ0n) is 18.6. The van der Waals surface area contributed by atoms with Gasteiger partial charge in [-0.2, -0.15) is 4.31 Å². The zero-order valence-corrected chi connectivity index (χ0v) is 20.2. The summed E-state index contributed by atoms with van der Waals surface area (Å²) in [5.41, 5.74) is 0.571. The van der Waals surface area contributed by atoms with Crippen LogP contribution in [-0.2, 0) is 10.0 Å². The molecule has 0 spiro atoms. The zero-order chi connectivity index (χ0) is 23.7. The van der Waals surface area contributed by atoms with Crippen LogP contribution in [0.5, 0.6) is 5.75 Å². The molecule has 0 bridgehead atoms. The van der Waals surface area contributed by atoms with Crippen molar-refractivity contribution in [1.82, 2.24) is 14.5 Å². The van der Waals surface area contributed by atoms with Crippen LogP contribution in [0, 0.1) is 0 Å². The van der Waals surface area contributed by atoms with E-state index in [-0.39, 0.29) is 30.0 Å². The maximum absolute atomic E-state index is 13.2. The van der Waals surface area contributed by atoms with Crippen LogP contribution in [0.2, 0.25) is 5.02 Å². The average Bonchev–Trinajstić information content (AvgIpc) is 3.37. The van der Waals surface area contributed by atoms with E-state index >= 15 is 0 Å². The molecule has 2 aliphatic heterocycles. The summed E-state index contributed by atoms with van der Waals surface area (Å²) in [7, 11) is -3.65. The van der Waals surface area contributed by atoms with Gasteiger partial charge in [-0.15, -0.1) is 0 Å². The summed E-state index contributed by atoms with van der Waals surface area (Å²) in [5.74, 6) is 0.646. The number of hydrogen-bond acceptors (Lipinski definition) is 5. The van der Waals surface area contributed by atoms with Crippen molar-refractivity contribution in [2.75, 3.05) is 39.3 Å². The van der Waals surface area contributed by atoms with E-state index in [4.69, 9.17) is 16.3 Å². The number of sulfonamides is 1. The summed E-state index contributed by atoms with van der Waals surface area (Å²) in [6.45, 7) is 2.98. The number of halogens is 1. The fraction of sp³-hybridized carbons (Fsp3) is 0.320. The third kappa shape index (κ3) is 4.77. The highest BCUT2D eigenvalue weighted by atomic mass is 35.5. The molecule has 0 aliphatic carbocycles. The normalized spacial score (nSPS) is 19.4. The lowest BCUT2D eigenvalue weighted by atomic mass is 10.1. The number of rotatable bonds is 5. The Hall–Kier alpha value is -2.65. The van der Waals surface area contributed by atoms with Gasteiger partial charge in [0.25, 0.3) is 5.91 Å². The first-order valence-corrected chi connectivity index (χ1v) is 13.2. The van der Waals surface area contributed by atoms with Gasteiger partial charge in [0.1, 0.15) is 11.9 Å². The molecule has 0 unspecified atom stereocenters. The van der Waals surface area contributed by atoms with Gasteiger partial charge in [-0.3, -0.25) is 4.79 Å². The molecule has 3 aromatic carbocycles. The first-order valence-electron chi connectivity index (χ1n) is 11.4. The summed E-state index contributed by atoms with van der Waals surface area (Å²) < 4.78 is 33.8. The predicted octanol–water partition coefficient (Wildman–Crippen LogP) is 3.38. The van der Waals surface area contributed by atoms with Crippen LogP contribution >= 0.6 is 11.6 Å². The van der Waals surface area contributed by atoms with E-state index < -0.39 is 10.0 Å². The van der Waals surface area contributed by atoms with Crippen LogP contribution in [0.1, 0.15) is 16.8 Å². The minimum atomic E-state index is -3.65. The Morgan fingerprint density at radius 3 is 2.35 bits per heavy atom. The number of nitrogens with zero attached hydrogens (tertiary/aromatic N) is 2. The molecular weight excluding hydrogens is 474 g/mol. The molecule has 34 heavy (non-hydrogen) atoms. The molecule has 5 rings (SSSR count). The van der Waals surface area contributed by atoms with Gasteiger partial charge in [0.05, 0.1) is 4.90 Å². The van der Waals surface area contributed by atoms with E-state index in [1.54, 1.807) is 41.3 Å². The van der Waals surface area contributed by atoms with Gasteiger partial charge in [-0.1, -0.05) is 23.7 Å². The molecule has 2 fully saturated rings. The van der Waals surface area contributed by atoms with Crippen LogP contribution in [0.15, 0.2) is 65.6 Å². The molecule has 2 saturated heterocycles. The van der Waals surface area contributed by atoms with Gasteiger partial charge in [0.2, 0.25) is 10.0 Å². The van der Waals surface area contributed by atoms with Crippen molar-refractivity contribution >= 4 is 38.3 Å². The molecule has 2 aliphatic rings. The molecule has 7 nitrogen and oxygen atoms in total. The SMILES string of the molecule is O=C(c1ccc(O[C@H]2CCNC2)cc1)N1CCN(S(=O)(=O)c2ccc3cc(Cl)ccc3c2)CC1. The number of hydrogen-bond donors (Lipinski definition) is 1. The Bertz CT molecular complexity index is 1300. The Labute approximate surface area is 204 Å². The quantitative estimate of drug-likeness (QED) is 0.582. The Balaban J connectivity index is 1.22. The molecule has 1 N–H and O–H groups in total. The molecule has 1 atom stereocenters. The molecule has 0 saturated carbocycles. The van der Waals surface area contributed by atoms with E-state index in [0.717, 1.165) is 36.0 Å². The highest BCUT2D eigenvalue weighted by Gasteiger charge is 2.30. The number of benzene rings is 3. The minimum Gasteiger partial charge on any atom is -0.489 e. The lowest BCUT2D eigenvalue weighted by molar-refractivity contribution is 0.0698. The largest absolute Gasteiger partial charge is 0.489 e. The van der Waals surface area contributed by atoms with Crippen molar-refractivity contribution in [2.24, 2.45) is 0 Å². The fourth-order valence-electron chi connectivity index (χ4n) is 4.42. The van der Waals surface area contributed by atoms with Gasteiger partial charge in [-0.25, -0.2) is 8.42 Å². The third-order valence-corrected chi connectivity index (χ3v) is 8.49. The van der Waals surface area contributed by atoms with Gasteiger partial charge < -0.3 is 15.0 Å². The van der Waals surface area contributed by atoms with Crippen LogP contribution in [0.25, 0.3) is 10.8 Å². The van der Waals surface area contributed by atoms with Crippen molar-refractivity contribution in [3.8, 4) is 5.75 Å². The second-order valence-corrected chi connectivity index (χ2v) is 11.0. The van der Waals surface area contributed by atoms with Gasteiger partial charge in [-0.05, 0) is 72.3 Å². The molecule has 9 heteroatoms. The molecule has 0 aromatic heterocycles. The average molecular weight is 500 g/mol. The number of nitrogens with one attached hydrogen (secondary N) is 1. The lowest BCUT2D eigenvalue weighted by Crippen LogP contribution is -2.50. The standard InChI is InChI=1S/C25H26ClN3O4S/c26-21-5-1-20-16-24(8-4-19(20)15-21)34(31,32)29-13-11-28(12-14-29)25(30)18-2-6-22(7-3-18)33-23-9-10-27-17-23/h1-8,15-16,23,27H,9-14,17H2/t23-/m0/s1. The van der Waals surface area contributed by atoms with E-state index in [9.17, 15) is 13.2 Å². The Morgan fingerprint density at radius 1 is 0.941 bits per heavy atom. The Morgan fingerprint density at radius 2 is 1.65 bits per heavy atom. The number of carbonyl (C=O) groups is 1. The van der Waals surface area contributed by atoms with Crippen molar-refractivity contribution < 1.29 is 17.9 Å². The first kappa shape index (κ1) is 23.1. The summed E-state index contributed by atoms with van der Waals surface area (Å²) in [6.07, 6.45) is 1.14. The van der Waals surface area contributed by atoms with Crippen LogP contribution in [-0.4, -0.2) is 68.9 Å². The summed E-state index contributed by atoms with van der Waals surface area (Å²) in [5, 5.41) is 5.57. The van der Waals surface area contributed by atoms with E-state index in [1.165, 1.54) is 4.31 Å². The van der Waals surface area contributed by atoms with E-state index in [1.807, 2.05) is 24.3 Å². The van der Waals surface area contributed by atoms with Crippen molar-refractivity contribution in [3.05, 3.63) is 71.2 Å². The van der Waals surface area contributed by atoms with Gasteiger partial charge >= 0.3 is 0 Å². The van der Waals surface area contributed by atoms with Crippen molar-refractivity contribution in [2.45, 2.75) is 17.4 Å². The van der Waals surface area contributed by atoms with E-state index in [0.29, 0.717) is 23.7 Å². The number of fused-ring (bicyclic) bond motifs is 1. The van der Waals surface area contributed by atoms with Crippen LogP contribution in [0.4, 0.5) is 0 Å². The molecule has 178 valence electrons. The monoisotopic (exact) mass is 499 g/mol. The smallest absolute Gasteiger partial charge is 0.253 e. The summed E-state index contributed by atoms with van der Waals surface area (Å²) in [6, 6.07) is 17.6. The summed E-state index contributed by atoms with van der Waals surface area (Å²) >= 11 is 6.03. The fourth-order valence-corrected chi connectivity index (χ4v) is 6.05. The first-order chi connectivity index (χ1) is 16.4. The third-order valence-electron chi connectivity index (χ3n) is 6.36. The lowest BCUT2D eigenvalue weighted by Gasteiger charge is -2.34. The van der Waals surface area contributed by atoms with Crippen molar-refractivity contribution in [1.29, 1.82) is 0 Å². The summed E-state index contributed by atoms with van der Waals surface area (Å²) in [4.78, 5) is 14.9. The second-order valence-electron chi connectivity index (χ2n) is 8.61. The number of ether oxygens (including phenoxy) is 1. The number of piperazine rings is 1. The molecule has 3 aromatic rings. The van der Waals surface area contributed by atoms with Crippen LogP contribution in [0.3, 0.4) is 0 Å². The predicted molar refractivity (Wildman–Crippen MR) is 132 cm³/mol. The maximum Gasteiger partial charge on any atom is 0.253 e. The number of carbonyl (C=O) groups excluding carboxylic acids is 1. The van der Waals surface area contributed by atoms with Gasteiger partial charge in [0, 0.05) is 43.3 Å². The molecule has 2 heterocycles.